The van der Waals surface area contributed by atoms with Crippen LogP contribution >= 0.6 is 11.3 Å². The van der Waals surface area contributed by atoms with Gasteiger partial charge in [-0.1, -0.05) is 17.4 Å². The summed E-state index contributed by atoms with van der Waals surface area (Å²) in [5.74, 6) is -0.300. The molecular weight excluding hydrogens is 236 g/mol. The first-order valence-corrected chi connectivity index (χ1v) is 6.23. The molecule has 2 aromatic rings. The second kappa shape index (κ2) is 4.71. The number of thiazole rings is 1. The summed E-state index contributed by atoms with van der Waals surface area (Å²) in [6, 6.07) is 5.95. The maximum atomic E-state index is 11.5. The zero-order valence-electron chi connectivity index (χ0n) is 9.82. The fourth-order valence-corrected chi connectivity index (χ4v) is 2.70. The van der Waals surface area contributed by atoms with E-state index in [2.05, 4.69) is 0 Å². The Bertz CT molecular complexity index is 612. The number of benzene rings is 1. The van der Waals surface area contributed by atoms with Gasteiger partial charge in [-0.05, 0) is 31.5 Å². The van der Waals surface area contributed by atoms with Crippen LogP contribution in [0.1, 0.15) is 12.5 Å². The molecule has 5 heteroatoms. The lowest BCUT2D eigenvalue weighted by Gasteiger charge is -2.04. The third kappa shape index (κ3) is 2.39. The minimum atomic E-state index is -0.300. The number of nitrogens with zero attached hydrogens (tertiary/aromatic N) is 1. The van der Waals surface area contributed by atoms with E-state index in [0.717, 1.165) is 15.8 Å². The molecular formula is C12H14N2O2S. The molecule has 2 rings (SSSR count). The van der Waals surface area contributed by atoms with Crippen LogP contribution in [-0.2, 0) is 16.1 Å². The van der Waals surface area contributed by atoms with Crippen molar-refractivity contribution < 1.29 is 9.53 Å². The zero-order valence-corrected chi connectivity index (χ0v) is 10.6. The van der Waals surface area contributed by atoms with Crippen LogP contribution < -0.4 is 4.80 Å². The van der Waals surface area contributed by atoms with Gasteiger partial charge in [-0.15, -0.1) is 0 Å². The molecule has 0 amide bonds. The summed E-state index contributed by atoms with van der Waals surface area (Å²) in [6.07, 6.45) is 0. The van der Waals surface area contributed by atoms with Crippen molar-refractivity contribution in [2.45, 2.75) is 20.4 Å². The maximum Gasteiger partial charge on any atom is 0.326 e. The molecule has 0 unspecified atom stereocenters. The summed E-state index contributed by atoms with van der Waals surface area (Å²) in [4.78, 5) is 11.8. The SMILES string of the molecule is CCOC(=O)Cn1c(=N)sc2cc(C)ccc21. The molecule has 17 heavy (non-hydrogen) atoms. The van der Waals surface area contributed by atoms with Gasteiger partial charge in [0.1, 0.15) is 6.54 Å². The highest BCUT2D eigenvalue weighted by atomic mass is 32.1. The Kier molecular flexibility index (Phi) is 3.28. The van der Waals surface area contributed by atoms with Gasteiger partial charge in [0, 0.05) is 0 Å². The summed E-state index contributed by atoms with van der Waals surface area (Å²) >= 11 is 1.37. The van der Waals surface area contributed by atoms with Crippen molar-refractivity contribution in [3.8, 4) is 0 Å². The molecule has 0 bridgehead atoms. The fourth-order valence-electron chi connectivity index (χ4n) is 1.69. The van der Waals surface area contributed by atoms with Gasteiger partial charge in [0.25, 0.3) is 0 Å². The van der Waals surface area contributed by atoms with Crippen molar-refractivity contribution in [2.75, 3.05) is 6.61 Å². The quantitative estimate of drug-likeness (QED) is 0.848. The van der Waals surface area contributed by atoms with Crippen LogP contribution in [0.2, 0.25) is 0 Å². The molecule has 1 aromatic heterocycles. The van der Waals surface area contributed by atoms with Crippen LogP contribution in [0.25, 0.3) is 10.2 Å². The van der Waals surface area contributed by atoms with Gasteiger partial charge < -0.3 is 9.30 Å². The van der Waals surface area contributed by atoms with E-state index in [1.54, 1.807) is 11.5 Å². The van der Waals surface area contributed by atoms with E-state index in [9.17, 15) is 4.79 Å². The Morgan fingerprint density at radius 2 is 2.29 bits per heavy atom. The summed E-state index contributed by atoms with van der Waals surface area (Å²) in [5, 5.41) is 7.87. The molecule has 0 saturated carbocycles. The zero-order chi connectivity index (χ0) is 12.4. The number of esters is 1. The Morgan fingerprint density at radius 3 is 3.00 bits per heavy atom. The highest BCUT2D eigenvalue weighted by Crippen LogP contribution is 2.18. The lowest BCUT2D eigenvalue weighted by Crippen LogP contribution is -2.20. The van der Waals surface area contributed by atoms with Crippen LogP contribution in [0.5, 0.6) is 0 Å². The van der Waals surface area contributed by atoms with Gasteiger partial charge in [0.05, 0.1) is 16.8 Å². The fraction of sp³-hybridized carbons (Fsp3) is 0.333. The molecule has 0 saturated heterocycles. The molecule has 4 nitrogen and oxygen atoms in total. The molecule has 0 spiro atoms. The van der Waals surface area contributed by atoms with E-state index in [4.69, 9.17) is 10.1 Å². The van der Waals surface area contributed by atoms with Crippen LogP contribution in [0, 0.1) is 12.3 Å². The van der Waals surface area contributed by atoms with E-state index in [1.165, 1.54) is 11.3 Å². The van der Waals surface area contributed by atoms with Crippen molar-refractivity contribution in [2.24, 2.45) is 0 Å². The predicted octanol–water partition coefficient (Wildman–Crippen LogP) is 2.05. The van der Waals surface area contributed by atoms with Crippen molar-refractivity contribution in [3.63, 3.8) is 0 Å². The molecule has 1 N–H and O–H groups in total. The summed E-state index contributed by atoms with van der Waals surface area (Å²) in [5.41, 5.74) is 2.07. The average molecular weight is 250 g/mol. The normalized spacial score (nSPS) is 10.7. The number of carbonyl (C=O) groups is 1. The first-order chi connectivity index (χ1) is 8.11. The van der Waals surface area contributed by atoms with E-state index in [-0.39, 0.29) is 12.5 Å². The standard InChI is InChI=1S/C12H14N2O2S/c1-3-16-11(15)7-14-9-5-4-8(2)6-10(9)17-12(14)13/h4-6,13H,3,7H2,1-2H3. The molecule has 1 aromatic carbocycles. The number of fused-ring (bicyclic) bond motifs is 1. The Hall–Kier alpha value is -1.62. The first-order valence-electron chi connectivity index (χ1n) is 5.42. The van der Waals surface area contributed by atoms with E-state index >= 15 is 0 Å². The van der Waals surface area contributed by atoms with Crippen LogP contribution in [0.3, 0.4) is 0 Å². The number of ether oxygens (including phenoxy) is 1. The topological polar surface area (TPSA) is 55.1 Å². The molecule has 0 atom stereocenters. The second-order valence-corrected chi connectivity index (χ2v) is 4.80. The first kappa shape index (κ1) is 11.9. The molecule has 90 valence electrons. The molecule has 0 aliphatic heterocycles. The number of aromatic nitrogens is 1. The van der Waals surface area contributed by atoms with Crippen molar-refractivity contribution in [3.05, 3.63) is 28.6 Å². The van der Waals surface area contributed by atoms with Crippen molar-refractivity contribution in [1.29, 1.82) is 5.41 Å². The van der Waals surface area contributed by atoms with Crippen LogP contribution in [0.15, 0.2) is 18.2 Å². The molecule has 0 aliphatic rings. The van der Waals surface area contributed by atoms with Gasteiger partial charge >= 0.3 is 5.97 Å². The summed E-state index contributed by atoms with van der Waals surface area (Å²) < 4.78 is 7.61. The van der Waals surface area contributed by atoms with Crippen molar-refractivity contribution in [1.82, 2.24) is 4.57 Å². The minimum absolute atomic E-state index is 0.107. The Labute approximate surface area is 103 Å². The highest BCUT2D eigenvalue weighted by Gasteiger charge is 2.09. The molecule has 0 aliphatic carbocycles. The van der Waals surface area contributed by atoms with Gasteiger partial charge in [0.15, 0.2) is 4.80 Å². The largest absolute Gasteiger partial charge is 0.465 e. The third-order valence-electron chi connectivity index (χ3n) is 2.45. The molecule has 0 fully saturated rings. The number of hydrogen-bond acceptors (Lipinski definition) is 4. The number of rotatable bonds is 3. The van der Waals surface area contributed by atoms with E-state index < -0.39 is 0 Å². The smallest absolute Gasteiger partial charge is 0.326 e. The minimum Gasteiger partial charge on any atom is -0.465 e. The number of hydrogen-bond donors (Lipinski definition) is 1. The lowest BCUT2D eigenvalue weighted by molar-refractivity contribution is -0.143. The third-order valence-corrected chi connectivity index (χ3v) is 3.41. The molecule has 0 radical (unpaired) electrons. The maximum absolute atomic E-state index is 11.5. The highest BCUT2D eigenvalue weighted by molar-refractivity contribution is 7.16. The second-order valence-electron chi connectivity index (χ2n) is 3.77. The number of aryl methyl sites for hydroxylation is 1. The molecule has 1 heterocycles. The van der Waals surface area contributed by atoms with E-state index in [1.807, 2.05) is 25.1 Å². The average Bonchev–Trinajstić information content (AvgIpc) is 2.55. The number of nitrogens with one attached hydrogen (secondary N) is 1. The van der Waals surface area contributed by atoms with Crippen LogP contribution in [0.4, 0.5) is 0 Å². The number of carbonyl (C=O) groups excluding carboxylic acids is 1. The Balaban J connectivity index is 2.43. The van der Waals surface area contributed by atoms with E-state index in [0.29, 0.717) is 11.4 Å². The van der Waals surface area contributed by atoms with Gasteiger partial charge in [-0.25, -0.2) is 0 Å². The predicted molar refractivity (Wildman–Crippen MR) is 67.0 cm³/mol. The monoisotopic (exact) mass is 250 g/mol. The van der Waals surface area contributed by atoms with Crippen LogP contribution in [-0.4, -0.2) is 17.1 Å². The van der Waals surface area contributed by atoms with Gasteiger partial charge in [-0.2, -0.15) is 0 Å². The lowest BCUT2D eigenvalue weighted by atomic mass is 10.2. The van der Waals surface area contributed by atoms with Crippen molar-refractivity contribution >= 4 is 27.5 Å². The summed E-state index contributed by atoms with van der Waals surface area (Å²) in [7, 11) is 0. The summed E-state index contributed by atoms with van der Waals surface area (Å²) in [6.45, 7) is 4.27. The van der Waals surface area contributed by atoms with Gasteiger partial charge in [-0.3, -0.25) is 10.2 Å². The Morgan fingerprint density at radius 1 is 1.53 bits per heavy atom. The van der Waals surface area contributed by atoms with Gasteiger partial charge in [0.2, 0.25) is 0 Å².